The normalized spacial score (nSPS) is 17.1. The summed E-state index contributed by atoms with van der Waals surface area (Å²) in [5.74, 6) is 0.0144. The quantitative estimate of drug-likeness (QED) is 0.819. The van der Waals surface area contributed by atoms with Crippen LogP contribution in [0.1, 0.15) is 29.8 Å². The molecule has 27 heavy (non-hydrogen) atoms. The van der Waals surface area contributed by atoms with Gasteiger partial charge in [0.2, 0.25) is 5.91 Å². The molecule has 0 bridgehead atoms. The molecule has 1 aromatic heterocycles. The van der Waals surface area contributed by atoms with Crippen LogP contribution < -0.4 is 0 Å². The van der Waals surface area contributed by atoms with Gasteiger partial charge >= 0.3 is 6.18 Å². The number of hydrogen-bond donors (Lipinski definition) is 0. The monoisotopic (exact) mass is 380 g/mol. The van der Waals surface area contributed by atoms with Gasteiger partial charge in [0.1, 0.15) is 6.04 Å². The standard InChI is InChI=1S/C19H23F3N4O/c1-14-6-7-23-26(14)15(2)18(27)25-10-8-24(9-11-25)13-16-4-3-5-17(12-16)19(20,21)22/h3-7,12,15H,8-11,13H2,1-2H3. The fourth-order valence-electron chi connectivity index (χ4n) is 3.39. The highest BCUT2D eigenvalue weighted by atomic mass is 19.4. The van der Waals surface area contributed by atoms with E-state index in [4.69, 9.17) is 0 Å². The molecule has 1 amide bonds. The first-order chi connectivity index (χ1) is 12.8. The van der Waals surface area contributed by atoms with Gasteiger partial charge in [0.25, 0.3) is 0 Å². The number of benzene rings is 1. The highest BCUT2D eigenvalue weighted by Crippen LogP contribution is 2.29. The first-order valence-electron chi connectivity index (χ1n) is 8.93. The molecular weight excluding hydrogens is 357 g/mol. The molecule has 0 spiro atoms. The number of hydrogen-bond acceptors (Lipinski definition) is 3. The van der Waals surface area contributed by atoms with Crippen LogP contribution in [0.5, 0.6) is 0 Å². The maximum atomic E-state index is 12.8. The lowest BCUT2D eigenvalue weighted by molar-refractivity contribution is -0.138. The van der Waals surface area contributed by atoms with Gasteiger partial charge in [-0.3, -0.25) is 14.4 Å². The van der Waals surface area contributed by atoms with E-state index in [1.54, 1.807) is 21.8 Å². The molecule has 1 atom stereocenters. The molecular formula is C19H23F3N4O. The Morgan fingerprint density at radius 1 is 1.19 bits per heavy atom. The zero-order valence-corrected chi connectivity index (χ0v) is 15.4. The third-order valence-electron chi connectivity index (χ3n) is 4.94. The Balaban J connectivity index is 1.56. The third kappa shape index (κ3) is 4.50. The minimum Gasteiger partial charge on any atom is -0.338 e. The largest absolute Gasteiger partial charge is 0.416 e. The van der Waals surface area contributed by atoms with Crippen LogP contribution in [0.2, 0.25) is 0 Å². The van der Waals surface area contributed by atoms with Gasteiger partial charge in [-0.25, -0.2) is 0 Å². The summed E-state index contributed by atoms with van der Waals surface area (Å²) in [4.78, 5) is 16.6. The summed E-state index contributed by atoms with van der Waals surface area (Å²) in [5, 5.41) is 4.20. The van der Waals surface area contributed by atoms with Crippen LogP contribution in [-0.2, 0) is 17.5 Å². The lowest BCUT2D eigenvalue weighted by Gasteiger charge is -2.36. The van der Waals surface area contributed by atoms with E-state index in [-0.39, 0.29) is 11.9 Å². The molecule has 2 aromatic rings. The van der Waals surface area contributed by atoms with Gasteiger partial charge < -0.3 is 4.90 Å². The summed E-state index contributed by atoms with van der Waals surface area (Å²) >= 11 is 0. The molecule has 1 aliphatic heterocycles. The van der Waals surface area contributed by atoms with Gasteiger partial charge in [-0.1, -0.05) is 18.2 Å². The number of aromatic nitrogens is 2. The van der Waals surface area contributed by atoms with Crippen molar-refractivity contribution < 1.29 is 18.0 Å². The number of rotatable bonds is 4. The summed E-state index contributed by atoms with van der Waals surface area (Å²) in [6.07, 6.45) is -2.66. The van der Waals surface area contributed by atoms with Gasteiger partial charge in [-0.2, -0.15) is 18.3 Å². The van der Waals surface area contributed by atoms with E-state index in [1.807, 2.05) is 19.9 Å². The van der Waals surface area contributed by atoms with E-state index in [0.29, 0.717) is 38.3 Å². The number of aryl methyl sites for hydroxylation is 1. The van der Waals surface area contributed by atoms with E-state index in [9.17, 15) is 18.0 Å². The molecule has 1 aromatic carbocycles. The molecule has 0 radical (unpaired) electrons. The van der Waals surface area contributed by atoms with E-state index < -0.39 is 11.7 Å². The van der Waals surface area contributed by atoms with Crippen LogP contribution in [0.25, 0.3) is 0 Å². The lowest BCUT2D eigenvalue weighted by atomic mass is 10.1. The molecule has 1 fully saturated rings. The summed E-state index contributed by atoms with van der Waals surface area (Å²) < 4.78 is 40.2. The molecule has 1 aliphatic rings. The topological polar surface area (TPSA) is 41.4 Å². The van der Waals surface area contributed by atoms with Gasteiger partial charge in [0, 0.05) is 44.6 Å². The Morgan fingerprint density at radius 2 is 1.89 bits per heavy atom. The lowest BCUT2D eigenvalue weighted by Crippen LogP contribution is -2.50. The van der Waals surface area contributed by atoms with Crippen molar-refractivity contribution >= 4 is 5.91 Å². The third-order valence-corrected chi connectivity index (χ3v) is 4.94. The Hall–Kier alpha value is -2.35. The van der Waals surface area contributed by atoms with Crippen molar-refractivity contribution in [1.29, 1.82) is 0 Å². The van der Waals surface area contributed by atoms with E-state index in [0.717, 1.165) is 11.8 Å². The van der Waals surface area contributed by atoms with Crippen LogP contribution in [0, 0.1) is 6.92 Å². The number of carbonyl (C=O) groups excluding carboxylic acids is 1. The molecule has 146 valence electrons. The molecule has 1 unspecified atom stereocenters. The van der Waals surface area contributed by atoms with Crippen LogP contribution >= 0.6 is 0 Å². The summed E-state index contributed by atoms with van der Waals surface area (Å²) in [6.45, 7) is 6.56. The molecule has 3 rings (SSSR count). The highest BCUT2D eigenvalue weighted by molar-refractivity contribution is 5.80. The zero-order valence-electron chi connectivity index (χ0n) is 15.4. The van der Waals surface area contributed by atoms with Gasteiger partial charge in [0.05, 0.1) is 5.56 Å². The van der Waals surface area contributed by atoms with Crippen molar-refractivity contribution in [2.24, 2.45) is 0 Å². The predicted octanol–water partition coefficient (Wildman–Crippen LogP) is 3.12. The first-order valence-corrected chi connectivity index (χ1v) is 8.93. The summed E-state index contributed by atoms with van der Waals surface area (Å²) in [7, 11) is 0. The molecule has 5 nitrogen and oxygen atoms in total. The van der Waals surface area contributed by atoms with Crippen molar-refractivity contribution in [2.45, 2.75) is 32.6 Å². The second-order valence-corrected chi connectivity index (χ2v) is 6.89. The summed E-state index contributed by atoms with van der Waals surface area (Å²) in [6, 6.07) is 6.91. The summed E-state index contributed by atoms with van der Waals surface area (Å²) in [5.41, 5.74) is 0.932. The van der Waals surface area contributed by atoms with Crippen LogP contribution in [0.15, 0.2) is 36.5 Å². The van der Waals surface area contributed by atoms with Gasteiger partial charge in [-0.05, 0) is 31.5 Å². The van der Waals surface area contributed by atoms with Crippen molar-refractivity contribution in [3.8, 4) is 0 Å². The van der Waals surface area contributed by atoms with E-state index >= 15 is 0 Å². The maximum absolute atomic E-state index is 12.8. The van der Waals surface area contributed by atoms with Crippen molar-refractivity contribution in [3.05, 3.63) is 53.3 Å². The molecule has 0 N–H and O–H groups in total. The maximum Gasteiger partial charge on any atom is 0.416 e. The number of halogens is 3. The zero-order chi connectivity index (χ0) is 19.6. The second kappa shape index (κ2) is 7.72. The first kappa shape index (κ1) is 19.4. The Labute approximate surface area is 156 Å². The average molecular weight is 380 g/mol. The number of nitrogens with zero attached hydrogens (tertiary/aromatic N) is 4. The number of carbonyl (C=O) groups is 1. The number of amides is 1. The van der Waals surface area contributed by atoms with Crippen LogP contribution in [-0.4, -0.2) is 51.7 Å². The van der Waals surface area contributed by atoms with Crippen molar-refractivity contribution in [1.82, 2.24) is 19.6 Å². The SMILES string of the molecule is Cc1ccnn1C(C)C(=O)N1CCN(Cc2cccc(C(F)(F)F)c2)CC1. The number of piperazine rings is 1. The van der Waals surface area contributed by atoms with Crippen LogP contribution in [0.3, 0.4) is 0 Å². The molecule has 0 aliphatic carbocycles. The molecule has 2 heterocycles. The van der Waals surface area contributed by atoms with E-state index in [1.165, 1.54) is 12.1 Å². The smallest absolute Gasteiger partial charge is 0.338 e. The molecule has 1 saturated heterocycles. The van der Waals surface area contributed by atoms with Crippen molar-refractivity contribution in [3.63, 3.8) is 0 Å². The van der Waals surface area contributed by atoms with E-state index in [2.05, 4.69) is 10.00 Å². The Kier molecular flexibility index (Phi) is 5.55. The predicted molar refractivity (Wildman–Crippen MR) is 95.0 cm³/mol. The minimum absolute atomic E-state index is 0.0144. The van der Waals surface area contributed by atoms with Gasteiger partial charge in [-0.15, -0.1) is 0 Å². The average Bonchev–Trinajstić information content (AvgIpc) is 3.06. The Bertz CT molecular complexity index is 794. The fourth-order valence-corrected chi connectivity index (χ4v) is 3.39. The van der Waals surface area contributed by atoms with Crippen molar-refractivity contribution in [2.75, 3.05) is 26.2 Å². The number of alkyl halides is 3. The fraction of sp³-hybridized carbons (Fsp3) is 0.474. The second-order valence-electron chi connectivity index (χ2n) is 6.89. The Morgan fingerprint density at radius 3 is 2.48 bits per heavy atom. The highest BCUT2D eigenvalue weighted by Gasteiger charge is 2.31. The molecule has 0 saturated carbocycles. The molecule has 8 heteroatoms. The minimum atomic E-state index is -4.33. The van der Waals surface area contributed by atoms with Crippen LogP contribution in [0.4, 0.5) is 13.2 Å². The van der Waals surface area contributed by atoms with Gasteiger partial charge in [0.15, 0.2) is 0 Å².